The summed E-state index contributed by atoms with van der Waals surface area (Å²) in [5.41, 5.74) is 0.727. The number of ether oxygens (including phenoxy) is 1. The van der Waals surface area contributed by atoms with Gasteiger partial charge in [-0.25, -0.2) is 0 Å². The molecule has 0 saturated carbocycles. The number of ketones is 1. The Kier molecular flexibility index (Phi) is 6.39. The largest absolute Gasteiger partial charge is 0.381 e. The lowest BCUT2D eigenvalue weighted by Crippen LogP contribution is -2.26. The third kappa shape index (κ3) is 4.79. The second-order valence-electron chi connectivity index (χ2n) is 4.93. The zero-order chi connectivity index (χ0) is 14.4. The molecule has 1 aliphatic heterocycles. The summed E-state index contributed by atoms with van der Waals surface area (Å²) in [6, 6.07) is 7.38. The van der Waals surface area contributed by atoms with Crippen molar-refractivity contribution in [2.24, 2.45) is 0 Å². The van der Waals surface area contributed by atoms with Crippen LogP contribution in [0.3, 0.4) is 0 Å². The first kappa shape index (κ1) is 15.9. The first-order chi connectivity index (χ1) is 9.66. The molecule has 3 nitrogen and oxygen atoms in total. The molecule has 2 rings (SSSR count). The van der Waals surface area contributed by atoms with Crippen molar-refractivity contribution in [3.05, 3.63) is 34.3 Å². The molecule has 0 amide bonds. The number of halogens is 1. The van der Waals surface area contributed by atoms with Gasteiger partial charge in [-0.3, -0.25) is 9.00 Å². The number of carbonyl (C=O) groups is 1. The molecule has 1 aromatic carbocycles. The van der Waals surface area contributed by atoms with Gasteiger partial charge in [0.1, 0.15) is 0 Å². The Morgan fingerprint density at radius 2 is 1.90 bits per heavy atom. The van der Waals surface area contributed by atoms with Crippen LogP contribution in [0, 0.1) is 0 Å². The van der Waals surface area contributed by atoms with Gasteiger partial charge >= 0.3 is 0 Å². The third-order valence-corrected chi connectivity index (χ3v) is 5.89. The van der Waals surface area contributed by atoms with Crippen LogP contribution in [0.25, 0.3) is 0 Å². The van der Waals surface area contributed by atoms with E-state index in [1.54, 1.807) is 0 Å². The summed E-state index contributed by atoms with van der Waals surface area (Å²) in [5, 5.41) is 0.256. The van der Waals surface area contributed by atoms with Crippen LogP contribution >= 0.6 is 15.9 Å². The zero-order valence-corrected chi connectivity index (χ0v) is 13.7. The minimum absolute atomic E-state index is 0.126. The maximum Gasteiger partial charge on any atom is 0.162 e. The van der Waals surface area contributed by atoms with Crippen molar-refractivity contribution in [1.29, 1.82) is 0 Å². The van der Waals surface area contributed by atoms with E-state index in [9.17, 15) is 9.00 Å². The van der Waals surface area contributed by atoms with E-state index in [1.165, 1.54) is 0 Å². The predicted octanol–water partition coefficient (Wildman–Crippen LogP) is 3.34. The molecule has 1 aromatic rings. The van der Waals surface area contributed by atoms with Gasteiger partial charge in [-0.05, 0) is 31.4 Å². The summed E-state index contributed by atoms with van der Waals surface area (Å²) in [6.45, 7) is 1.43. The molecule has 0 radical (unpaired) electrons. The molecule has 0 N–H and O–H groups in total. The van der Waals surface area contributed by atoms with Gasteiger partial charge in [0.05, 0.1) is 0 Å². The smallest absolute Gasteiger partial charge is 0.162 e. The van der Waals surface area contributed by atoms with Crippen LogP contribution in [0.2, 0.25) is 0 Å². The lowest BCUT2D eigenvalue weighted by Gasteiger charge is -2.21. The van der Waals surface area contributed by atoms with E-state index in [4.69, 9.17) is 4.74 Å². The maximum atomic E-state index is 12.1. The topological polar surface area (TPSA) is 43.4 Å². The highest BCUT2D eigenvalue weighted by molar-refractivity contribution is 9.10. The summed E-state index contributed by atoms with van der Waals surface area (Å²) in [5.74, 6) is 0.744. The van der Waals surface area contributed by atoms with Crippen molar-refractivity contribution in [1.82, 2.24) is 0 Å². The first-order valence-corrected chi connectivity index (χ1v) is 9.08. The highest BCUT2D eigenvalue weighted by Crippen LogP contribution is 2.16. The molecule has 1 heterocycles. The van der Waals surface area contributed by atoms with Gasteiger partial charge in [0, 0.05) is 51.5 Å². The van der Waals surface area contributed by atoms with Crippen LogP contribution in [0.5, 0.6) is 0 Å². The molecule has 0 aromatic heterocycles. The van der Waals surface area contributed by atoms with E-state index in [2.05, 4.69) is 15.9 Å². The maximum absolute atomic E-state index is 12.1. The van der Waals surface area contributed by atoms with Gasteiger partial charge in [0.25, 0.3) is 0 Å². The second kappa shape index (κ2) is 8.05. The fourth-order valence-electron chi connectivity index (χ4n) is 2.26. The number of hydrogen-bond acceptors (Lipinski definition) is 3. The van der Waals surface area contributed by atoms with Crippen LogP contribution < -0.4 is 0 Å². The summed E-state index contributed by atoms with van der Waals surface area (Å²) < 4.78 is 18.3. The van der Waals surface area contributed by atoms with Crippen LogP contribution in [0.4, 0.5) is 0 Å². The minimum atomic E-state index is -0.823. The Labute approximate surface area is 130 Å². The number of Topliss-reactive ketones (excluding diaryl/α,β-unsaturated/α-hetero) is 1. The summed E-state index contributed by atoms with van der Waals surface area (Å²) in [6.07, 6.45) is 2.93. The van der Waals surface area contributed by atoms with Crippen molar-refractivity contribution in [3.8, 4) is 0 Å². The minimum Gasteiger partial charge on any atom is -0.381 e. The normalized spacial score (nSPS) is 17.9. The molecule has 1 saturated heterocycles. The molecule has 1 aliphatic rings. The van der Waals surface area contributed by atoms with Crippen molar-refractivity contribution < 1.29 is 13.7 Å². The first-order valence-electron chi connectivity index (χ1n) is 6.90. The zero-order valence-electron chi connectivity index (χ0n) is 11.3. The van der Waals surface area contributed by atoms with Gasteiger partial charge in [-0.1, -0.05) is 28.1 Å². The Hall–Kier alpha value is -0.520. The number of hydrogen-bond donors (Lipinski definition) is 0. The molecule has 0 aliphatic carbocycles. The van der Waals surface area contributed by atoms with Gasteiger partial charge in [0.2, 0.25) is 0 Å². The quantitative estimate of drug-likeness (QED) is 0.732. The van der Waals surface area contributed by atoms with Crippen LogP contribution in [0.15, 0.2) is 28.7 Å². The summed E-state index contributed by atoms with van der Waals surface area (Å²) in [7, 11) is -0.823. The van der Waals surface area contributed by atoms with Crippen LogP contribution in [0.1, 0.15) is 36.0 Å². The van der Waals surface area contributed by atoms with E-state index in [1.807, 2.05) is 24.3 Å². The van der Waals surface area contributed by atoms with Crippen molar-refractivity contribution in [2.75, 3.05) is 19.0 Å². The standard InChI is InChI=1S/C15H19BrO3S/c16-13-5-3-12(4-6-13)15(17)2-1-11-20(18)14-7-9-19-10-8-14/h3-6,14H,1-2,7-11H2. The van der Waals surface area contributed by atoms with Crippen LogP contribution in [-0.2, 0) is 15.5 Å². The molecule has 20 heavy (non-hydrogen) atoms. The molecule has 1 atom stereocenters. The SMILES string of the molecule is O=C(CCCS(=O)C1CCOCC1)c1ccc(Br)cc1. The van der Waals surface area contributed by atoms with Crippen molar-refractivity contribution in [2.45, 2.75) is 30.9 Å². The van der Waals surface area contributed by atoms with Crippen molar-refractivity contribution in [3.63, 3.8) is 0 Å². The highest BCUT2D eigenvalue weighted by atomic mass is 79.9. The average molecular weight is 359 g/mol. The highest BCUT2D eigenvalue weighted by Gasteiger charge is 2.20. The molecular formula is C15H19BrO3S. The Morgan fingerprint density at radius 3 is 2.55 bits per heavy atom. The Morgan fingerprint density at radius 1 is 1.25 bits per heavy atom. The molecule has 0 bridgehead atoms. The van der Waals surface area contributed by atoms with E-state index in [-0.39, 0.29) is 11.0 Å². The number of carbonyl (C=O) groups excluding carboxylic acids is 1. The lowest BCUT2D eigenvalue weighted by atomic mass is 10.1. The number of benzene rings is 1. The van der Waals surface area contributed by atoms with Gasteiger partial charge in [-0.15, -0.1) is 0 Å². The fourth-order valence-corrected chi connectivity index (χ4v) is 4.01. The molecule has 0 spiro atoms. The van der Waals surface area contributed by atoms with Crippen molar-refractivity contribution >= 4 is 32.5 Å². The molecule has 1 unspecified atom stereocenters. The van der Waals surface area contributed by atoms with E-state index < -0.39 is 10.8 Å². The van der Waals surface area contributed by atoms with E-state index in [0.29, 0.717) is 31.8 Å². The number of rotatable bonds is 6. The second-order valence-corrected chi connectivity index (χ2v) is 7.68. The van der Waals surface area contributed by atoms with Gasteiger partial charge in [0.15, 0.2) is 5.78 Å². The van der Waals surface area contributed by atoms with Gasteiger partial charge in [-0.2, -0.15) is 0 Å². The Balaban J connectivity index is 1.73. The average Bonchev–Trinajstić information content (AvgIpc) is 2.48. The van der Waals surface area contributed by atoms with E-state index in [0.717, 1.165) is 22.9 Å². The molecular weight excluding hydrogens is 340 g/mol. The van der Waals surface area contributed by atoms with Gasteiger partial charge < -0.3 is 4.74 Å². The van der Waals surface area contributed by atoms with Crippen LogP contribution in [-0.4, -0.2) is 34.2 Å². The lowest BCUT2D eigenvalue weighted by molar-refractivity contribution is 0.0978. The molecule has 5 heteroatoms. The summed E-state index contributed by atoms with van der Waals surface area (Å²) >= 11 is 3.35. The monoisotopic (exact) mass is 358 g/mol. The fraction of sp³-hybridized carbons (Fsp3) is 0.533. The predicted molar refractivity (Wildman–Crippen MR) is 84.6 cm³/mol. The molecule has 110 valence electrons. The summed E-state index contributed by atoms with van der Waals surface area (Å²) in [4.78, 5) is 12.0. The molecule has 1 fully saturated rings. The van der Waals surface area contributed by atoms with E-state index >= 15 is 0 Å². The Bertz CT molecular complexity index is 467. The third-order valence-electron chi connectivity index (χ3n) is 3.46.